The number of amides is 1. The quantitative estimate of drug-likeness (QED) is 0.259. The fourth-order valence-electron chi connectivity index (χ4n) is 5.00. The second-order valence-corrected chi connectivity index (χ2v) is 8.46. The molecule has 0 fully saturated rings. The van der Waals surface area contributed by atoms with Crippen LogP contribution in [0.2, 0.25) is 0 Å². The molecular weight excluding hydrogens is 494 g/mol. The van der Waals surface area contributed by atoms with Crippen LogP contribution in [-0.4, -0.2) is 68.8 Å². The first-order valence-electron chi connectivity index (χ1n) is 12.3. The third kappa shape index (κ3) is 4.04. The summed E-state index contributed by atoms with van der Waals surface area (Å²) in [5, 5.41) is 14.1. The van der Waals surface area contributed by atoms with Crippen LogP contribution in [0.1, 0.15) is 46.7 Å². The fraction of sp³-hybridized carbons (Fsp3) is 0.370. The molecule has 1 amide bonds. The highest BCUT2D eigenvalue weighted by atomic mass is 16.5. The van der Waals surface area contributed by atoms with Crippen molar-refractivity contribution >= 4 is 39.9 Å². The number of anilines is 2. The second kappa shape index (κ2) is 10.5. The Morgan fingerprint density at radius 3 is 2.37 bits per heavy atom. The number of carbonyl (C=O) groups excluding carboxylic acids is 3. The molecule has 2 aromatic carbocycles. The molecule has 2 aliphatic heterocycles. The van der Waals surface area contributed by atoms with Gasteiger partial charge in [0, 0.05) is 18.0 Å². The lowest BCUT2D eigenvalue weighted by Crippen LogP contribution is -2.36. The van der Waals surface area contributed by atoms with E-state index in [-0.39, 0.29) is 28.6 Å². The predicted octanol–water partition coefficient (Wildman–Crippen LogP) is 3.67. The monoisotopic (exact) mass is 525 g/mol. The van der Waals surface area contributed by atoms with Crippen molar-refractivity contribution in [1.29, 1.82) is 0 Å². The molecule has 0 saturated heterocycles. The number of benzene rings is 2. The molecule has 1 aromatic heterocycles. The SMILES string of the molecule is CC.COC(=O)[C@@H]1Nc2c(O)cc3c(c2C1=O)CCCN3C(=O)c1cc2cc(OC)c(OC)c(OC)c2[nH]1. The number of nitrogens with zero attached hydrogens (tertiary/aromatic N) is 1. The van der Waals surface area contributed by atoms with Gasteiger partial charge in [0.15, 0.2) is 23.3 Å². The number of hydrogen-bond acceptors (Lipinski definition) is 9. The van der Waals surface area contributed by atoms with Crippen LogP contribution >= 0.6 is 0 Å². The van der Waals surface area contributed by atoms with Gasteiger partial charge in [0.05, 0.1) is 50.9 Å². The lowest BCUT2D eigenvalue weighted by Gasteiger charge is -2.30. The third-order valence-electron chi connectivity index (χ3n) is 6.62. The maximum Gasteiger partial charge on any atom is 0.336 e. The first kappa shape index (κ1) is 26.6. The van der Waals surface area contributed by atoms with Gasteiger partial charge in [-0.3, -0.25) is 9.59 Å². The highest BCUT2D eigenvalue weighted by molar-refractivity contribution is 6.23. The van der Waals surface area contributed by atoms with Gasteiger partial charge in [-0.2, -0.15) is 0 Å². The number of rotatable bonds is 5. The molecule has 202 valence electrons. The number of aromatic nitrogens is 1. The van der Waals surface area contributed by atoms with E-state index in [1.165, 1.54) is 39.4 Å². The summed E-state index contributed by atoms with van der Waals surface area (Å²) in [5.74, 6) is -0.576. The van der Waals surface area contributed by atoms with Gasteiger partial charge < -0.3 is 39.3 Å². The Kier molecular flexibility index (Phi) is 7.38. The van der Waals surface area contributed by atoms with Gasteiger partial charge in [0.2, 0.25) is 5.75 Å². The van der Waals surface area contributed by atoms with Crippen LogP contribution in [0.4, 0.5) is 11.4 Å². The molecule has 11 nitrogen and oxygen atoms in total. The van der Waals surface area contributed by atoms with E-state index in [1.807, 2.05) is 13.8 Å². The molecule has 2 aliphatic rings. The van der Waals surface area contributed by atoms with E-state index in [9.17, 15) is 19.5 Å². The van der Waals surface area contributed by atoms with Crippen LogP contribution in [0.3, 0.4) is 0 Å². The highest BCUT2D eigenvalue weighted by Crippen LogP contribution is 2.46. The lowest BCUT2D eigenvalue weighted by molar-refractivity contribution is -0.140. The maximum absolute atomic E-state index is 13.7. The van der Waals surface area contributed by atoms with Gasteiger partial charge in [-0.05, 0) is 30.5 Å². The first-order chi connectivity index (χ1) is 18.3. The lowest BCUT2D eigenvalue weighted by atomic mass is 9.92. The molecule has 0 saturated carbocycles. The number of ether oxygens (including phenoxy) is 4. The Morgan fingerprint density at radius 1 is 1.03 bits per heavy atom. The van der Waals surface area contributed by atoms with Crippen LogP contribution < -0.4 is 24.4 Å². The Bertz CT molecular complexity index is 1430. The van der Waals surface area contributed by atoms with Crippen molar-refractivity contribution in [3.05, 3.63) is 35.0 Å². The van der Waals surface area contributed by atoms with Crippen molar-refractivity contribution < 1.29 is 38.4 Å². The molecule has 0 unspecified atom stereocenters. The first-order valence-corrected chi connectivity index (χ1v) is 12.3. The highest BCUT2D eigenvalue weighted by Gasteiger charge is 2.42. The van der Waals surface area contributed by atoms with E-state index in [2.05, 4.69) is 10.3 Å². The number of aromatic amines is 1. The van der Waals surface area contributed by atoms with Gasteiger partial charge in [-0.1, -0.05) is 13.8 Å². The minimum atomic E-state index is -1.24. The molecule has 3 N–H and O–H groups in total. The number of fused-ring (bicyclic) bond motifs is 4. The van der Waals surface area contributed by atoms with Crippen molar-refractivity contribution in [1.82, 2.24) is 4.98 Å². The molecule has 0 spiro atoms. The summed E-state index contributed by atoms with van der Waals surface area (Å²) >= 11 is 0. The number of methoxy groups -OCH3 is 4. The topological polar surface area (TPSA) is 139 Å². The van der Waals surface area contributed by atoms with E-state index in [0.29, 0.717) is 58.8 Å². The molecular formula is C27H31N3O8. The third-order valence-corrected chi connectivity index (χ3v) is 6.62. The Labute approximate surface area is 219 Å². The predicted molar refractivity (Wildman–Crippen MR) is 141 cm³/mol. The van der Waals surface area contributed by atoms with Crippen molar-refractivity contribution in [3.8, 4) is 23.0 Å². The number of carbonyl (C=O) groups is 3. The van der Waals surface area contributed by atoms with Gasteiger partial charge in [0.1, 0.15) is 11.4 Å². The number of esters is 1. The molecule has 1 atom stereocenters. The van der Waals surface area contributed by atoms with Gasteiger partial charge >= 0.3 is 5.97 Å². The van der Waals surface area contributed by atoms with Crippen LogP contribution in [0, 0.1) is 0 Å². The average molecular weight is 526 g/mol. The maximum atomic E-state index is 13.7. The summed E-state index contributed by atoms with van der Waals surface area (Å²) in [4.78, 5) is 43.5. The number of nitrogens with one attached hydrogen (secondary N) is 2. The van der Waals surface area contributed by atoms with E-state index in [1.54, 1.807) is 12.1 Å². The molecule has 0 aliphatic carbocycles. The number of phenols is 1. The Hall–Kier alpha value is -4.41. The number of aromatic hydroxyl groups is 1. The summed E-state index contributed by atoms with van der Waals surface area (Å²) in [5.41, 5.74) is 2.26. The summed E-state index contributed by atoms with van der Waals surface area (Å²) in [7, 11) is 5.70. The minimum Gasteiger partial charge on any atom is -0.506 e. The Balaban J connectivity index is 0.00000164. The van der Waals surface area contributed by atoms with Crippen molar-refractivity contribution in [2.24, 2.45) is 0 Å². The smallest absolute Gasteiger partial charge is 0.336 e. The summed E-state index contributed by atoms with van der Waals surface area (Å²) in [6.45, 7) is 4.38. The zero-order chi connectivity index (χ0) is 27.7. The zero-order valence-electron chi connectivity index (χ0n) is 22.2. The van der Waals surface area contributed by atoms with Crippen LogP contribution in [-0.2, 0) is 16.0 Å². The van der Waals surface area contributed by atoms with E-state index < -0.39 is 17.8 Å². The fourth-order valence-corrected chi connectivity index (χ4v) is 5.00. The molecule has 38 heavy (non-hydrogen) atoms. The minimum absolute atomic E-state index is 0.179. The van der Waals surface area contributed by atoms with Gasteiger partial charge in [-0.25, -0.2) is 4.79 Å². The molecule has 0 bridgehead atoms. The van der Waals surface area contributed by atoms with E-state index in [4.69, 9.17) is 18.9 Å². The zero-order valence-corrected chi connectivity index (χ0v) is 22.2. The van der Waals surface area contributed by atoms with Gasteiger partial charge in [-0.15, -0.1) is 0 Å². The molecule has 3 heterocycles. The second-order valence-electron chi connectivity index (χ2n) is 8.46. The van der Waals surface area contributed by atoms with E-state index >= 15 is 0 Å². The average Bonchev–Trinajstić information content (AvgIpc) is 3.53. The number of H-pyrrole nitrogens is 1. The standard InChI is InChI=1S/C25H25N3O8.C2H6/c1-33-16-9-11-8-13(26-18(11)23(35-3)22(16)34-2)24(31)28-7-5-6-12-14(28)10-15(29)19-17(12)21(30)20(27-19)25(32)36-4;1-2/h8-10,20,26-27,29H,5-7H2,1-4H3;1-2H3/t20-;/m1./s1. The summed E-state index contributed by atoms with van der Waals surface area (Å²) in [6.07, 6.45) is 1.11. The van der Waals surface area contributed by atoms with E-state index in [0.717, 1.165) is 0 Å². The largest absolute Gasteiger partial charge is 0.506 e. The molecule has 0 radical (unpaired) electrons. The van der Waals surface area contributed by atoms with Crippen molar-refractivity contribution in [3.63, 3.8) is 0 Å². The normalized spacial score (nSPS) is 15.6. The molecule has 11 heteroatoms. The van der Waals surface area contributed by atoms with Crippen molar-refractivity contribution in [2.45, 2.75) is 32.7 Å². The van der Waals surface area contributed by atoms with Crippen LogP contribution in [0.15, 0.2) is 18.2 Å². The molecule has 5 rings (SSSR count). The number of phenolic OH excluding ortho intramolecular Hbond substituents is 1. The van der Waals surface area contributed by atoms with Crippen molar-refractivity contribution in [2.75, 3.05) is 45.2 Å². The molecule has 3 aromatic rings. The summed E-state index contributed by atoms with van der Waals surface area (Å²) < 4.78 is 21.1. The van der Waals surface area contributed by atoms with Crippen LogP contribution in [0.25, 0.3) is 10.9 Å². The van der Waals surface area contributed by atoms with Crippen LogP contribution in [0.5, 0.6) is 23.0 Å². The number of Topliss-reactive ketones (excluding diaryl/α,β-unsaturated/α-hetero) is 1. The Morgan fingerprint density at radius 2 is 1.74 bits per heavy atom. The van der Waals surface area contributed by atoms with Gasteiger partial charge in [0.25, 0.3) is 5.91 Å². The summed E-state index contributed by atoms with van der Waals surface area (Å²) in [6, 6.07) is 3.63. The number of hydrogen-bond donors (Lipinski definition) is 3. The number of ketones is 1.